The van der Waals surface area contributed by atoms with Crippen LogP contribution in [0.15, 0.2) is 72.8 Å². The molecule has 0 unspecified atom stereocenters. The molecule has 2 N–H and O–H groups in total. The predicted octanol–water partition coefficient (Wildman–Crippen LogP) is 3.56. The molecule has 8 nitrogen and oxygen atoms in total. The lowest BCUT2D eigenvalue weighted by Gasteiger charge is -2.41. The Labute approximate surface area is 213 Å². The zero-order chi connectivity index (χ0) is 26.0. The lowest BCUT2D eigenvalue weighted by atomic mass is 9.81. The molecule has 36 heavy (non-hydrogen) atoms. The van der Waals surface area contributed by atoms with E-state index in [2.05, 4.69) is 6.58 Å². The van der Waals surface area contributed by atoms with E-state index in [-0.39, 0.29) is 26.8 Å². The number of hydrogen-bond donors (Lipinski definition) is 2. The van der Waals surface area contributed by atoms with E-state index in [1.165, 1.54) is 0 Å². The van der Waals surface area contributed by atoms with Gasteiger partial charge in [0.2, 0.25) is 0 Å². The monoisotopic (exact) mass is 502 g/mol. The molecule has 1 saturated heterocycles. The Hall–Kier alpha value is -2.14. The highest BCUT2D eigenvalue weighted by atomic mass is 16.7. The SMILES string of the molecule is C=C(C)[C@](O)([C@H](O)[C@H]1COC(C)(C)O1)[C@@H](COCOCc1ccccc1)OCOCc1ccccc1. The normalized spacial score (nSPS) is 20.5. The van der Waals surface area contributed by atoms with Crippen LogP contribution in [0.3, 0.4) is 0 Å². The second-order valence-electron chi connectivity index (χ2n) is 9.35. The summed E-state index contributed by atoms with van der Waals surface area (Å²) in [7, 11) is 0. The highest BCUT2D eigenvalue weighted by molar-refractivity contribution is 5.19. The van der Waals surface area contributed by atoms with E-state index in [4.69, 9.17) is 28.4 Å². The molecule has 8 heteroatoms. The van der Waals surface area contributed by atoms with Gasteiger partial charge in [-0.2, -0.15) is 0 Å². The number of ether oxygens (including phenoxy) is 6. The standard InChI is InChI=1S/C28H38O8/c1-21(2)28(30,26(29)24-17-35-27(3,4)36-24)25(34-20-32-16-23-13-9-6-10-14-23)18-33-19-31-15-22-11-7-5-8-12-22/h5-14,24-26,29-30H,1,15-20H2,2-4H3/t24-,25-,26-,28-/m1/s1. The van der Waals surface area contributed by atoms with Crippen LogP contribution in [0.1, 0.15) is 31.9 Å². The van der Waals surface area contributed by atoms with Gasteiger partial charge in [-0.3, -0.25) is 0 Å². The summed E-state index contributed by atoms with van der Waals surface area (Å²) in [6.45, 7) is 9.61. The fraction of sp³-hybridized carbons (Fsp3) is 0.500. The molecule has 0 spiro atoms. The Morgan fingerprint density at radius 2 is 1.56 bits per heavy atom. The van der Waals surface area contributed by atoms with Gasteiger partial charge in [0.25, 0.3) is 0 Å². The second-order valence-corrected chi connectivity index (χ2v) is 9.35. The molecule has 4 atom stereocenters. The first-order valence-electron chi connectivity index (χ1n) is 12.0. The molecule has 2 aromatic rings. The van der Waals surface area contributed by atoms with Gasteiger partial charge in [-0.1, -0.05) is 67.2 Å². The van der Waals surface area contributed by atoms with E-state index >= 15 is 0 Å². The van der Waals surface area contributed by atoms with Crippen molar-refractivity contribution < 1.29 is 38.6 Å². The average Bonchev–Trinajstić information content (AvgIpc) is 3.24. The first kappa shape index (κ1) is 28.4. The summed E-state index contributed by atoms with van der Waals surface area (Å²) in [5.74, 6) is -0.876. The van der Waals surface area contributed by atoms with Crippen molar-refractivity contribution >= 4 is 0 Å². The molecule has 1 aliphatic rings. The van der Waals surface area contributed by atoms with E-state index in [0.29, 0.717) is 18.8 Å². The quantitative estimate of drug-likeness (QED) is 0.217. The van der Waals surface area contributed by atoms with Gasteiger partial charge < -0.3 is 38.6 Å². The smallest absolute Gasteiger partial charge is 0.163 e. The number of rotatable bonds is 15. The summed E-state index contributed by atoms with van der Waals surface area (Å²) in [5, 5.41) is 22.9. The van der Waals surface area contributed by atoms with Crippen LogP contribution in [0, 0.1) is 0 Å². The Balaban J connectivity index is 1.63. The van der Waals surface area contributed by atoms with Gasteiger partial charge >= 0.3 is 0 Å². The van der Waals surface area contributed by atoms with Crippen LogP contribution in [0.5, 0.6) is 0 Å². The van der Waals surface area contributed by atoms with E-state index in [0.717, 1.165) is 11.1 Å². The molecule has 3 rings (SSSR count). The maximum absolute atomic E-state index is 11.7. The van der Waals surface area contributed by atoms with Crippen molar-refractivity contribution in [3.05, 3.63) is 83.9 Å². The third-order valence-electron chi connectivity index (χ3n) is 6.02. The molecule has 0 aromatic heterocycles. The van der Waals surface area contributed by atoms with Crippen LogP contribution in [0.4, 0.5) is 0 Å². The molecule has 0 aliphatic carbocycles. The van der Waals surface area contributed by atoms with Gasteiger partial charge in [0.05, 0.1) is 26.4 Å². The Morgan fingerprint density at radius 3 is 2.06 bits per heavy atom. The van der Waals surface area contributed by atoms with Crippen molar-refractivity contribution in [2.75, 3.05) is 26.8 Å². The molecule has 198 valence electrons. The van der Waals surface area contributed by atoms with Gasteiger partial charge in [0.15, 0.2) is 5.79 Å². The minimum Gasteiger partial charge on any atom is -0.387 e. The fourth-order valence-corrected chi connectivity index (χ4v) is 3.99. The molecule has 1 aliphatic heterocycles. The highest BCUT2D eigenvalue weighted by Gasteiger charge is 2.52. The van der Waals surface area contributed by atoms with Crippen LogP contribution in [-0.2, 0) is 41.6 Å². The third-order valence-corrected chi connectivity index (χ3v) is 6.02. The molecule has 2 aromatic carbocycles. The molecule has 0 saturated carbocycles. The summed E-state index contributed by atoms with van der Waals surface area (Å²) in [6.07, 6.45) is -3.19. The van der Waals surface area contributed by atoms with Crippen LogP contribution in [-0.4, -0.2) is 66.7 Å². The van der Waals surface area contributed by atoms with Crippen LogP contribution < -0.4 is 0 Å². The zero-order valence-corrected chi connectivity index (χ0v) is 21.3. The Bertz CT molecular complexity index is 920. The predicted molar refractivity (Wildman–Crippen MR) is 134 cm³/mol. The molecular weight excluding hydrogens is 464 g/mol. The minimum absolute atomic E-state index is 0.0297. The molecular formula is C28H38O8. The maximum atomic E-state index is 11.7. The van der Waals surface area contributed by atoms with Gasteiger partial charge in [0.1, 0.15) is 37.5 Å². The first-order chi connectivity index (χ1) is 17.2. The lowest BCUT2D eigenvalue weighted by Crippen LogP contribution is -2.60. The van der Waals surface area contributed by atoms with Crippen molar-refractivity contribution in [1.82, 2.24) is 0 Å². The summed E-state index contributed by atoms with van der Waals surface area (Å²) in [6, 6.07) is 19.4. The number of hydrogen-bond acceptors (Lipinski definition) is 8. The van der Waals surface area contributed by atoms with Gasteiger partial charge in [-0.05, 0) is 37.5 Å². The summed E-state index contributed by atoms with van der Waals surface area (Å²) in [5.41, 5.74) is 0.393. The molecule has 0 radical (unpaired) electrons. The van der Waals surface area contributed by atoms with E-state index in [1.807, 2.05) is 60.7 Å². The van der Waals surface area contributed by atoms with Gasteiger partial charge in [-0.25, -0.2) is 0 Å². The maximum Gasteiger partial charge on any atom is 0.163 e. The number of aliphatic hydroxyl groups is 2. The summed E-state index contributed by atoms with van der Waals surface area (Å²) in [4.78, 5) is 0. The molecule has 1 fully saturated rings. The number of benzene rings is 2. The van der Waals surface area contributed by atoms with E-state index in [1.54, 1.807) is 20.8 Å². The topological polar surface area (TPSA) is 95.8 Å². The van der Waals surface area contributed by atoms with E-state index in [9.17, 15) is 10.2 Å². The van der Waals surface area contributed by atoms with Crippen LogP contribution >= 0.6 is 0 Å². The largest absolute Gasteiger partial charge is 0.387 e. The van der Waals surface area contributed by atoms with Crippen molar-refractivity contribution in [1.29, 1.82) is 0 Å². The van der Waals surface area contributed by atoms with Crippen molar-refractivity contribution in [2.45, 2.75) is 63.7 Å². The summed E-state index contributed by atoms with van der Waals surface area (Å²) >= 11 is 0. The Morgan fingerprint density at radius 1 is 1.00 bits per heavy atom. The van der Waals surface area contributed by atoms with Crippen molar-refractivity contribution in [2.24, 2.45) is 0 Å². The van der Waals surface area contributed by atoms with Gasteiger partial charge in [0, 0.05) is 0 Å². The molecule has 0 bridgehead atoms. The Kier molecular flexibility index (Phi) is 10.6. The van der Waals surface area contributed by atoms with Gasteiger partial charge in [-0.15, -0.1) is 0 Å². The minimum atomic E-state index is -1.90. The summed E-state index contributed by atoms with van der Waals surface area (Å²) < 4.78 is 34.3. The zero-order valence-electron chi connectivity index (χ0n) is 21.3. The van der Waals surface area contributed by atoms with Crippen molar-refractivity contribution in [3.8, 4) is 0 Å². The van der Waals surface area contributed by atoms with Crippen LogP contribution in [0.25, 0.3) is 0 Å². The van der Waals surface area contributed by atoms with Crippen LogP contribution in [0.2, 0.25) is 0 Å². The second kappa shape index (κ2) is 13.4. The first-order valence-corrected chi connectivity index (χ1v) is 12.0. The highest BCUT2D eigenvalue weighted by Crippen LogP contribution is 2.34. The van der Waals surface area contributed by atoms with E-state index < -0.39 is 29.7 Å². The molecule has 1 heterocycles. The van der Waals surface area contributed by atoms with Crippen molar-refractivity contribution in [3.63, 3.8) is 0 Å². The lowest BCUT2D eigenvalue weighted by molar-refractivity contribution is -0.228. The fourth-order valence-electron chi connectivity index (χ4n) is 3.99. The third kappa shape index (κ3) is 7.93. The average molecular weight is 503 g/mol. The number of aliphatic hydroxyl groups excluding tert-OH is 1. The molecule has 0 amide bonds.